The zero-order valence-corrected chi connectivity index (χ0v) is 13.7. The molecule has 126 valence electrons. The van der Waals surface area contributed by atoms with Crippen molar-refractivity contribution < 1.29 is 14.3 Å². The number of nitrogens with one attached hydrogen (secondary N) is 1. The molecule has 1 N–H and O–H groups in total. The Morgan fingerprint density at radius 1 is 1.05 bits per heavy atom. The lowest BCUT2D eigenvalue weighted by atomic mass is 9.95. The Bertz CT molecular complexity index is 362. The first kappa shape index (κ1) is 17.1. The minimum Gasteiger partial charge on any atom is -0.378 e. The standard InChI is InChI=1S/C16H29N3O3/c1-2-3-4-7-17-16(21)19-8-5-14(6-9-19)15(20)18-10-12-22-13-11-18/h14H,2-13H2,1H3,(H,17,21). The fourth-order valence-electron chi connectivity index (χ4n) is 3.05. The van der Waals surface area contributed by atoms with E-state index in [0.717, 1.165) is 38.6 Å². The van der Waals surface area contributed by atoms with Crippen molar-refractivity contribution in [3.05, 3.63) is 0 Å². The second-order valence-corrected chi connectivity index (χ2v) is 6.14. The van der Waals surface area contributed by atoms with E-state index in [4.69, 9.17) is 4.74 Å². The van der Waals surface area contributed by atoms with Crippen LogP contribution < -0.4 is 5.32 Å². The van der Waals surface area contributed by atoms with Gasteiger partial charge in [0.2, 0.25) is 5.91 Å². The monoisotopic (exact) mass is 311 g/mol. The maximum atomic E-state index is 12.4. The lowest BCUT2D eigenvalue weighted by Gasteiger charge is -2.35. The number of hydrogen-bond acceptors (Lipinski definition) is 3. The molecule has 0 bridgehead atoms. The van der Waals surface area contributed by atoms with Crippen molar-refractivity contribution in [2.45, 2.75) is 39.0 Å². The zero-order chi connectivity index (χ0) is 15.8. The molecule has 0 radical (unpaired) electrons. The number of rotatable bonds is 5. The molecule has 0 aliphatic carbocycles. The molecule has 2 aliphatic rings. The molecule has 0 aromatic heterocycles. The van der Waals surface area contributed by atoms with E-state index in [0.29, 0.717) is 39.4 Å². The van der Waals surface area contributed by atoms with E-state index in [1.807, 2.05) is 9.80 Å². The fraction of sp³-hybridized carbons (Fsp3) is 0.875. The largest absolute Gasteiger partial charge is 0.378 e. The van der Waals surface area contributed by atoms with Gasteiger partial charge >= 0.3 is 6.03 Å². The Labute approximate surface area is 133 Å². The van der Waals surface area contributed by atoms with Crippen LogP contribution in [0.3, 0.4) is 0 Å². The molecule has 2 heterocycles. The average Bonchev–Trinajstić information content (AvgIpc) is 2.59. The molecule has 0 spiro atoms. The topological polar surface area (TPSA) is 61.9 Å². The van der Waals surface area contributed by atoms with Gasteiger partial charge < -0.3 is 19.9 Å². The first-order valence-corrected chi connectivity index (χ1v) is 8.61. The number of carbonyl (C=O) groups excluding carboxylic acids is 2. The van der Waals surface area contributed by atoms with Gasteiger partial charge in [0.05, 0.1) is 13.2 Å². The number of unbranched alkanes of at least 4 members (excludes halogenated alkanes) is 2. The van der Waals surface area contributed by atoms with E-state index < -0.39 is 0 Å². The number of amides is 3. The molecular weight excluding hydrogens is 282 g/mol. The smallest absolute Gasteiger partial charge is 0.317 e. The van der Waals surface area contributed by atoms with E-state index >= 15 is 0 Å². The summed E-state index contributed by atoms with van der Waals surface area (Å²) in [6.45, 7) is 6.96. The highest BCUT2D eigenvalue weighted by Crippen LogP contribution is 2.20. The molecule has 6 nitrogen and oxygen atoms in total. The molecular formula is C16H29N3O3. The second kappa shape index (κ2) is 8.98. The van der Waals surface area contributed by atoms with Gasteiger partial charge in [-0.05, 0) is 19.3 Å². The van der Waals surface area contributed by atoms with Crippen molar-refractivity contribution in [2.75, 3.05) is 45.9 Å². The molecule has 6 heteroatoms. The molecule has 22 heavy (non-hydrogen) atoms. The van der Waals surface area contributed by atoms with Gasteiger partial charge in [0.25, 0.3) is 0 Å². The van der Waals surface area contributed by atoms with Gasteiger partial charge in [0.1, 0.15) is 0 Å². The Hall–Kier alpha value is -1.30. The Balaban J connectivity index is 1.68. The molecule has 0 aromatic rings. The number of carbonyl (C=O) groups is 2. The normalized spacial score (nSPS) is 20.0. The van der Waals surface area contributed by atoms with Gasteiger partial charge in [0, 0.05) is 38.6 Å². The van der Waals surface area contributed by atoms with Crippen LogP contribution in [-0.4, -0.2) is 67.7 Å². The van der Waals surface area contributed by atoms with E-state index in [1.54, 1.807) is 0 Å². The lowest BCUT2D eigenvalue weighted by molar-refractivity contribution is -0.141. The molecule has 0 atom stereocenters. The first-order valence-electron chi connectivity index (χ1n) is 8.61. The highest BCUT2D eigenvalue weighted by Gasteiger charge is 2.30. The summed E-state index contributed by atoms with van der Waals surface area (Å²) in [5, 5.41) is 2.97. The third kappa shape index (κ3) is 4.87. The summed E-state index contributed by atoms with van der Waals surface area (Å²) in [6, 6.07) is 0.0216. The quantitative estimate of drug-likeness (QED) is 0.782. The van der Waals surface area contributed by atoms with Crippen LogP contribution in [0.2, 0.25) is 0 Å². The summed E-state index contributed by atoms with van der Waals surface area (Å²) < 4.78 is 5.29. The lowest BCUT2D eigenvalue weighted by Crippen LogP contribution is -2.49. The van der Waals surface area contributed by atoms with Gasteiger partial charge in [-0.3, -0.25) is 4.79 Å². The molecule has 0 aromatic carbocycles. The van der Waals surface area contributed by atoms with Crippen LogP contribution in [0.4, 0.5) is 4.79 Å². The number of urea groups is 1. The van der Waals surface area contributed by atoms with Crippen molar-refractivity contribution in [3.8, 4) is 0 Å². The highest BCUT2D eigenvalue weighted by atomic mass is 16.5. The summed E-state index contributed by atoms with van der Waals surface area (Å²) >= 11 is 0. The molecule has 2 saturated heterocycles. The predicted octanol–water partition coefficient (Wildman–Crippen LogP) is 1.46. The van der Waals surface area contributed by atoms with Crippen molar-refractivity contribution in [3.63, 3.8) is 0 Å². The van der Waals surface area contributed by atoms with E-state index in [9.17, 15) is 9.59 Å². The number of hydrogen-bond donors (Lipinski definition) is 1. The van der Waals surface area contributed by atoms with Crippen molar-refractivity contribution in [2.24, 2.45) is 5.92 Å². The maximum absolute atomic E-state index is 12.4. The van der Waals surface area contributed by atoms with E-state index in [-0.39, 0.29) is 17.9 Å². The van der Waals surface area contributed by atoms with Crippen molar-refractivity contribution >= 4 is 11.9 Å². The summed E-state index contributed by atoms with van der Waals surface area (Å²) in [6.07, 6.45) is 4.90. The minimum absolute atomic E-state index is 0.0216. The van der Waals surface area contributed by atoms with Crippen LogP contribution in [0.5, 0.6) is 0 Å². The maximum Gasteiger partial charge on any atom is 0.317 e. The van der Waals surface area contributed by atoms with E-state index in [1.165, 1.54) is 0 Å². The van der Waals surface area contributed by atoms with Crippen LogP contribution in [-0.2, 0) is 9.53 Å². The first-order chi connectivity index (χ1) is 10.7. The van der Waals surface area contributed by atoms with Gasteiger partial charge in [0.15, 0.2) is 0 Å². The fourth-order valence-corrected chi connectivity index (χ4v) is 3.05. The zero-order valence-electron chi connectivity index (χ0n) is 13.7. The summed E-state index contributed by atoms with van der Waals surface area (Å²) in [4.78, 5) is 28.2. The van der Waals surface area contributed by atoms with Crippen LogP contribution in [0.1, 0.15) is 39.0 Å². The second-order valence-electron chi connectivity index (χ2n) is 6.14. The number of piperidine rings is 1. The van der Waals surface area contributed by atoms with Crippen LogP contribution in [0, 0.1) is 5.92 Å². The van der Waals surface area contributed by atoms with E-state index in [2.05, 4.69) is 12.2 Å². The van der Waals surface area contributed by atoms with Gasteiger partial charge in [-0.1, -0.05) is 19.8 Å². The number of ether oxygens (including phenoxy) is 1. The Morgan fingerprint density at radius 3 is 2.36 bits per heavy atom. The Kier molecular flexibility index (Phi) is 6.96. The number of nitrogens with zero attached hydrogens (tertiary/aromatic N) is 2. The van der Waals surface area contributed by atoms with Crippen LogP contribution in [0.25, 0.3) is 0 Å². The Morgan fingerprint density at radius 2 is 1.73 bits per heavy atom. The molecule has 3 amide bonds. The molecule has 2 rings (SSSR count). The molecule has 0 unspecified atom stereocenters. The number of morpholine rings is 1. The van der Waals surface area contributed by atoms with Gasteiger partial charge in [-0.25, -0.2) is 4.79 Å². The third-order valence-electron chi connectivity index (χ3n) is 4.51. The summed E-state index contributed by atoms with van der Waals surface area (Å²) in [5.74, 6) is 0.313. The van der Waals surface area contributed by atoms with Crippen molar-refractivity contribution in [1.29, 1.82) is 0 Å². The van der Waals surface area contributed by atoms with Gasteiger partial charge in [-0.2, -0.15) is 0 Å². The highest BCUT2D eigenvalue weighted by molar-refractivity contribution is 5.80. The third-order valence-corrected chi connectivity index (χ3v) is 4.51. The number of likely N-dealkylation sites (tertiary alicyclic amines) is 1. The molecule has 2 fully saturated rings. The summed E-state index contributed by atoms with van der Waals surface area (Å²) in [7, 11) is 0. The van der Waals surface area contributed by atoms with Crippen LogP contribution in [0.15, 0.2) is 0 Å². The SMILES string of the molecule is CCCCCNC(=O)N1CCC(C(=O)N2CCOCC2)CC1. The minimum atomic E-state index is 0.0216. The molecule has 2 aliphatic heterocycles. The van der Waals surface area contributed by atoms with Crippen LogP contribution >= 0.6 is 0 Å². The van der Waals surface area contributed by atoms with Crippen molar-refractivity contribution in [1.82, 2.24) is 15.1 Å². The molecule has 0 saturated carbocycles. The predicted molar refractivity (Wildman–Crippen MR) is 84.6 cm³/mol. The van der Waals surface area contributed by atoms with Gasteiger partial charge in [-0.15, -0.1) is 0 Å². The summed E-state index contributed by atoms with van der Waals surface area (Å²) in [5.41, 5.74) is 0. The average molecular weight is 311 g/mol.